The number of carboxylic acid groups (broad SMARTS) is 1. The van der Waals surface area contributed by atoms with Crippen LogP contribution in [0.2, 0.25) is 0 Å². The van der Waals surface area contributed by atoms with Crippen LogP contribution in [0.5, 0.6) is 0 Å². The van der Waals surface area contributed by atoms with Gasteiger partial charge in [0.1, 0.15) is 5.82 Å². The maximum Gasteiger partial charge on any atom is 0.323 e. The molecule has 2 aromatic rings. The number of piperidine rings is 1. The number of thiazole rings is 1. The van der Waals surface area contributed by atoms with Crippen LogP contribution in [0.1, 0.15) is 28.8 Å². The SMILES string of the molecule is Cc1ccc(Cc2cnc(NC(=O)N3CCCC(C(=O)O)C3)s2)cc1F. The Hall–Kier alpha value is -2.48. The fourth-order valence-electron chi connectivity index (χ4n) is 2.93. The third kappa shape index (κ3) is 4.37. The number of anilines is 1. The zero-order chi connectivity index (χ0) is 18.7. The van der Waals surface area contributed by atoms with Gasteiger partial charge in [-0.05, 0) is 37.0 Å². The van der Waals surface area contributed by atoms with Gasteiger partial charge >= 0.3 is 12.0 Å². The third-order valence-electron chi connectivity index (χ3n) is 4.44. The van der Waals surface area contributed by atoms with E-state index in [0.717, 1.165) is 10.4 Å². The molecule has 6 nitrogen and oxygen atoms in total. The predicted octanol–water partition coefficient (Wildman–Crippen LogP) is 3.51. The maximum atomic E-state index is 13.6. The molecule has 26 heavy (non-hydrogen) atoms. The molecule has 138 valence electrons. The lowest BCUT2D eigenvalue weighted by atomic mass is 9.99. The number of aryl methyl sites for hydroxylation is 1. The number of hydrogen-bond acceptors (Lipinski definition) is 4. The standard InChI is InChI=1S/C18H20FN3O3S/c1-11-4-5-12(8-15(11)19)7-14-9-20-17(26-14)21-18(25)22-6-2-3-13(10-22)16(23)24/h4-5,8-9,13H,2-3,6-7,10H2,1H3,(H,23,24)(H,20,21,25). The molecule has 0 saturated carbocycles. The van der Waals surface area contributed by atoms with E-state index in [4.69, 9.17) is 5.11 Å². The number of rotatable bonds is 4. The highest BCUT2D eigenvalue weighted by molar-refractivity contribution is 7.15. The lowest BCUT2D eigenvalue weighted by Crippen LogP contribution is -2.44. The van der Waals surface area contributed by atoms with Gasteiger partial charge in [0.25, 0.3) is 0 Å². The molecule has 1 aliphatic rings. The van der Waals surface area contributed by atoms with Crippen molar-refractivity contribution in [1.29, 1.82) is 0 Å². The quantitative estimate of drug-likeness (QED) is 0.854. The van der Waals surface area contributed by atoms with Crippen molar-refractivity contribution in [1.82, 2.24) is 9.88 Å². The molecule has 0 aliphatic carbocycles. The van der Waals surface area contributed by atoms with E-state index in [1.165, 1.54) is 22.3 Å². The number of carbonyl (C=O) groups excluding carboxylic acids is 1. The fourth-order valence-corrected chi connectivity index (χ4v) is 3.76. The Bertz CT molecular complexity index is 824. The predicted molar refractivity (Wildman–Crippen MR) is 97.0 cm³/mol. The van der Waals surface area contributed by atoms with E-state index >= 15 is 0 Å². The van der Waals surface area contributed by atoms with E-state index in [9.17, 15) is 14.0 Å². The number of carboxylic acids is 1. The molecule has 1 saturated heterocycles. The highest BCUT2D eigenvalue weighted by Crippen LogP contribution is 2.23. The minimum atomic E-state index is -0.871. The van der Waals surface area contributed by atoms with Gasteiger partial charge < -0.3 is 10.0 Å². The van der Waals surface area contributed by atoms with Crippen LogP contribution in [0.3, 0.4) is 0 Å². The number of nitrogens with zero attached hydrogens (tertiary/aromatic N) is 2. The Morgan fingerprint density at radius 3 is 3.00 bits per heavy atom. The van der Waals surface area contributed by atoms with Crippen LogP contribution in [0, 0.1) is 18.7 Å². The summed E-state index contributed by atoms with van der Waals surface area (Å²) in [5.74, 6) is -1.62. The summed E-state index contributed by atoms with van der Waals surface area (Å²) in [5, 5.41) is 12.3. The zero-order valence-electron chi connectivity index (χ0n) is 14.4. The number of aliphatic carboxylic acids is 1. The lowest BCUT2D eigenvalue weighted by molar-refractivity contribution is -0.143. The molecular formula is C18H20FN3O3S. The fraction of sp³-hybridized carbons (Fsp3) is 0.389. The van der Waals surface area contributed by atoms with E-state index in [0.29, 0.717) is 36.5 Å². The molecule has 1 atom stereocenters. The summed E-state index contributed by atoms with van der Waals surface area (Å²) in [6.07, 6.45) is 3.46. The summed E-state index contributed by atoms with van der Waals surface area (Å²) < 4.78 is 13.6. The van der Waals surface area contributed by atoms with Crippen molar-refractivity contribution in [3.63, 3.8) is 0 Å². The highest BCUT2D eigenvalue weighted by Gasteiger charge is 2.28. The summed E-state index contributed by atoms with van der Waals surface area (Å²) in [4.78, 5) is 30.0. The van der Waals surface area contributed by atoms with Crippen LogP contribution in [-0.2, 0) is 11.2 Å². The number of urea groups is 1. The summed E-state index contributed by atoms with van der Waals surface area (Å²) in [5.41, 5.74) is 1.45. The summed E-state index contributed by atoms with van der Waals surface area (Å²) >= 11 is 1.33. The van der Waals surface area contributed by atoms with E-state index < -0.39 is 11.9 Å². The average molecular weight is 377 g/mol. The molecule has 8 heteroatoms. The van der Waals surface area contributed by atoms with Crippen molar-refractivity contribution in [3.05, 3.63) is 46.2 Å². The number of carbonyl (C=O) groups is 2. The van der Waals surface area contributed by atoms with Gasteiger partial charge in [-0.2, -0.15) is 0 Å². The van der Waals surface area contributed by atoms with Crippen molar-refractivity contribution in [2.45, 2.75) is 26.2 Å². The number of aromatic nitrogens is 1. The van der Waals surface area contributed by atoms with Gasteiger partial charge in [0.15, 0.2) is 5.13 Å². The number of halogens is 1. The molecular weight excluding hydrogens is 357 g/mol. The van der Waals surface area contributed by atoms with E-state index in [1.54, 1.807) is 19.2 Å². The second-order valence-corrected chi connectivity index (χ2v) is 7.56. The van der Waals surface area contributed by atoms with E-state index in [-0.39, 0.29) is 18.4 Å². The van der Waals surface area contributed by atoms with Crippen molar-refractivity contribution in [2.75, 3.05) is 18.4 Å². The molecule has 2 heterocycles. The number of benzene rings is 1. The largest absolute Gasteiger partial charge is 0.481 e. The summed E-state index contributed by atoms with van der Waals surface area (Å²) in [6, 6.07) is 4.78. The molecule has 1 aliphatic heterocycles. The lowest BCUT2D eigenvalue weighted by Gasteiger charge is -2.30. The van der Waals surface area contributed by atoms with Gasteiger partial charge in [-0.3, -0.25) is 10.1 Å². The Morgan fingerprint density at radius 2 is 2.27 bits per heavy atom. The van der Waals surface area contributed by atoms with Crippen LogP contribution < -0.4 is 5.32 Å². The number of nitrogens with one attached hydrogen (secondary N) is 1. The van der Waals surface area contributed by atoms with Gasteiger partial charge in [-0.15, -0.1) is 11.3 Å². The first-order valence-electron chi connectivity index (χ1n) is 8.41. The van der Waals surface area contributed by atoms with Gasteiger partial charge in [0.05, 0.1) is 5.92 Å². The Kier molecular flexibility index (Phi) is 5.51. The molecule has 2 N–H and O–H groups in total. The Labute approximate surface area is 154 Å². The molecule has 1 aromatic carbocycles. The number of hydrogen-bond donors (Lipinski definition) is 2. The minimum Gasteiger partial charge on any atom is -0.481 e. The molecule has 1 unspecified atom stereocenters. The number of likely N-dealkylation sites (tertiary alicyclic amines) is 1. The van der Waals surface area contributed by atoms with Crippen LogP contribution in [0.25, 0.3) is 0 Å². The zero-order valence-corrected chi connectivity index (χ0v) is 15.2. The van der Waals surface area contributed by atoms with Crippen molar-refractivity contribution >= 4 is 28.5 Å². The van der Waals surface area contributed by atoms with Crippen molar-refractivity contribution in [2.24, 2.45) is 5.92 Å². The smallest absolute Gasteiger partial charge is 0.323 e. The average Bonchev–Trinajstić information content (AvgIpc) is 3.05. The second kappa shape index (κ2) is 7.82. The highest BCUT2D eigenvalue weighted by atomic mass is 32.1. The van der Waals surface area contributed by atoms with Crippen LogP contribution in [-0.4, -0.2) is 40.1 Å². The monoisotopic (exact) mass is 377 g/mol. The first-order valence-corrected chi connectivity index (χ1v) is 9.22. The molecule has 0 radical (unpaired) electrons. The van der Waals surface area contributed by atoms with Crippen LogP contribution in [0.15, 0.2) is 24.4 Å². The summed E-state index contributed by atoms with van der Waals surface area (Å²) in [7, 11) is 0. The topological polar surface area (TPSA) is 82.5 Å². The Balaban J connectivity index is 1.60. The van der Waals surface area contributed by atoms with Gasteiger partial charge in [0.2, 0.25) is 0 Å². The third-order valence-corrected chi connectivity index (χ3v) is 5.35. The normalized spacial score (nSPS) is 17.2. The molecule has 0 spiro atoms. The Morgan fingerprint density at radius 1 is 1.46 bits per heavy atom. The maximum absolute atomic E-state index is 13.6. The van der Waals surface area contributed by atoms with Gasteiger partial charge in [-0.25, -0.2) is 14.2 Å². The first kappa shape index (κ1) is 18.3. The summed E-state index contributed by atoms with van der Waals surface area (Å²) in [6.45, 7) is 2.47. The molecule has 2 amide bonds. The molecule has 0 bridgehead atoms. The minimum absolute atomic E-state index is 0.210. The van der Waals surface area contributed by atoms with Gasteiger partial charge in [0, 0.05) is 30.6 Å². The van der Waals surface area contributed by atoms with E-state index in [1.807, 2.05) is 6.07 Å². The van der Waals surface area contributed by atoms with Crippen LogP contribution >= 0.6 is 11.3 Å². The molecule has 3 rings (SSSR count). The van der Waals surface area contributed by atoms with Crippen LogP contribution in [0.4, 0.5) is 14.3 Å². The second-order valence-electron chi connectivity index (χ2n) is 6.45. The molecule has 1 aromatic heterocycles. The van der Waals surface area contributed by atoms with Gasteiger partial charge in [-0.1, -0.05) is 12.1 Å². The molecule has 1 fully saturated rings. The van der Waals surface area contributed by atoms with Crippen molar-refractivity contribution in [3.8, 4) is 0 Å². The number of amides is 2. The first-order chi connectivity index (χ1) is 12.4. The van der Waals surface area contributed by atoms with Crippen molar-refractivity contribution < 1.29 is 19.1 Å². The van der Waals surface area contributed by atoms with E-state index in [2.05, 4.69) is 10.3 Å².